The summed E-state index contributed by atoms with van der Waals surface area (Å²) in [6, 6.07) is 5.35. The summed E-state index contributed by atoms with van der Waals surface area (Å²) in [5, 5.41) is 1.21. The van der Waals surface area contributed by atoms with E-state index in [2.05, 4.69) is 27.8 Å². The zero-order valence-electron chi connectivity index (χ0n) is 6.27. The molecule has 0 aliphatic heterocycles. The number of rotatable bonds is 0. The SMILES string of the molecule is Nc1ccc(C#CCBr)cc1Cl. The number of nitrogen functional groups attached to an aromatic ring is 1. The van der Waals surface area contributed by atoms with E-state index in [0.717, 1.165) is 5.56 Å². The van der Waals surface area contributed by atoms with E-state index in [-0.39, 0.29) is 0 Å². The molecule has 1 rings (SSSR count). The second-order valence-corrected chi connectivity index (χ2v) is 3.14. The Bertz CT molecular complexity index is 338. The maximum atomic E-state index is 5.79. The minimum absolute atomic E-state index is 0.552. The Morgan fingerprint density at radius 2 is 2.25 bits per heavy atom. The smallest absolute Gasteiger partial charge is 0.0649 e. The van der Waals surface area contributed by atoms with Gasteiger partial charge >= 0.3 is 0 Å². The Morgan fingerprint density at radius 3 is 2.83 bits per heavy atom. The molecule has 0 atom stereocenters. The Morgan fingerprint density at radius 1 is 1.50 bits per heavy atom. The zero-order valence-corrected chi connectivity index (χ0v) is 8.61. The van der Waals surface area contributed by atoms with Gasteiger partial charge in [0.1, 0.15) is 0 Å². The average molecular weight is 245 g/mol. The molecule has 0 heterocycles. The van der Waals surface area contributed by atoms with Crippen molar-refractivity contribution in [1.82, 2.24) is 0 Å². The molecule has 0 aliphatic carbocycles. The van der Waals surface area contributed by atoms with Crippen molar-refractivity contribution in [3.63, 3.8) is 0 Å². The molecular weight excluding hydrogens is 237 g/mol. The van der Waals surface area contributed by atoms with E-state index in [0.29, 0.717) is 16.0 Å². The molecule has 2 N–H and O–H groups in total. The van der Waals surface area contributed by atoms with Crippen LogP contribution in [0.1, 0.15) is 5.56 Å². The summed E-state index contributed by atoms with van der Waals surface area (Å²) >= 11 is 9.00. The van der Waals surface area contributed by atoms with Crippen LogP contribution in [0.25, 0.3) is 0 Å². The molecule has 1 nitrogen and oxygen atoms in total. The molecule has 1 aromatic rings. The number of nitrogens with two attached hydrogens (primary N) is 1. The van der Waals surface area contributed by atoms with Gasteiger partial charge in [-0.1, -0.05) is 39.4 Å². The quantitative estimate of drug-likeness (QED) is 0.424. The number of hydrogen-bond acceptors (Lipinski definition) is 1. The summed E-state index contributed by atoms with van der Waals surface area (Å²) in [5.74, 6) is 5.80. The van der Waals surface area contributed by atoms with Crippen molar-refractivity contribution in [2.24, 2.45) is 0 Å². The summed E-state index contributed by atoms with van der Waals surface area (Å²) in [6.07, 6.45) is 0. The van der Waals surface area contributed by atoms with Crippen LogP contribution in [-0.4, -0.2) is 5.33 Å². The fraction of sp³-hybridized carbons (Fsp3) is 0.111. The lowest BCUT2D eigenvalue weighted by Crippen LogP contribution is -1.86. The molecule has 62 valence electrons. The first-order valence-corrected chi connectivity index (χ1v) is 4.84. The summed E-state index contributed by atoms with van der Waals surface area (Å²) in [4.78, 5) is 0. The van der Waals surface area contributed by atoms with E-state index in [1.54, 1.807) is 12.1 Å². The Balaban J connectivity index is 2.97. The van der Waals surface area contributed by atoms with E-state index >= 15 is 0 Å². The van der Waals surface area contributed by atoms with Crippen LogP contribution >= 0.6 is 27.5 Å². The van der Waals surface area contributed by atoms with Crippen LogP contribution in [0, 0.1) is 11.8 Å². The van der Waals surface area contributed by atoms with E-state index in [9.17, 15) is 0 Å². The van der Waals surface area contributed by atoms with Gasteiger partial charge in [-0.15, -0.1) is 0 Å². The van der Waals surface area contributed by atoms with Gasteiger partial charge in [-0.05, 0) is 18.2 Å². The molecule has 0 aliphatic rings. The van der Waals surface area contributed by atoms with Crippen molar-refractivity contribution < 1.29 is 0 Å². The summed E-state index contributed by atoms with van der Waals surface area (Å²) in [5.41, 5.74) is 7.00. The van der Waals surface area contributed by atoms with Gasteiger partial charge in [-0.25, -0.2) is 0 Å². The molecular formula is C9H7BrClN. The van der Waals surface area contributed by atoms with Crippen LogP contribution in [0.5, 0.6) is 0 Å². The number of halogens is 2. The van der Waals surface area contributed by atoms with Gasteiger partial charge in [-0.2, -0.15) is 0 Å². The van der Waals surface area contributed by atoms with Crippen molar-refractivity contribution in [2.75, 3.05) is 11.1 Å². The van der Waals surface area contributed by atoms with Crippen LogP contribution in [0.3, 0.4) is 0 Å². The first kappa shape index (κ1) is 9.44. The highest BCUT2D eigenvalue weighted by Gasteiger charge is 1.94. The highest BCUT2D eigenvalue weighted by Crippen LogP contribution is 2.18. The predicted octanol–water partition coefficient (Wildman–Crippen LogP) is 2.67. The van der Waals surface area contributed by atoms with Crippen molar-refractivity contribution in [3.05, 3.63) is 28.8 Å². The predicted molar refractivity (Wildman–Crippen MR) is 56.5 cm³/mol. The number of hydrogen-bond donors (Lipinski definition) is 1. The Hall–Kier alpha value is -0.650. The molecule has 1 aromatic carbocycles. The van der Waals surface area contributed by atoms with Crippen LogP contribution in [-0.2, 0) is 0 Å². The average Bonchev–Trinajstić information content (AvgIpc) is 2.07. The minimum Gasteiger partial charge on any atom is -0.398 e. The van der Waals surface area contributed by atoms with Gasteiger partial charge in [0.05, 0.1) is 16.0 Å². The minimum atomic E-state index is 0.552. The first-order chi connectivity index (χ1) is 5.74. The summed E-state index contributed by atoms with van der Waals surface area (Å²) in [7, 11) is 0. The van der Waals surface area contributed by atoms with Crippen molar-refractivity contribution in [2.45, 2.75) is 0 Å². The molecule has 0 radical (unpaired) electrons. The number of benzene rings is 1. The lowest BCUT2D eigenvalue weighted by molar-refractivity contribution is 1.63. The van der Waals surface area contributed by atoms with Gasteiger partial charge in [0, 0.05) is 5.56 Å². The van der Waals surface area contributed by atoms with Crippen LogP contribution in [0.4, 0.5) is 5.69 Å². The fourth-order valence-electron chi connectivity index (χ4n) is 0.740. The Labute approximate surface area is 85.0 Å². The van der Waals surface area contributed by atoms with Crippen LogP contribution < -0.4 is 5.73 Å². The molecule has 12 heavy (non-hydrogen) atoms. The van der Waals surface area contributed by atoms with Crippen LogP contribution in [0.2, 0.25) is 5.02 Å². The highest BCUT2D eigenvalue weighted by molar-refractivity contribution is 9.09. The van der Waals surface area contributed by atoms with Gasteiger partial charge < -0.3 is 5.73 Å². The fourth-order valence-corrected chi connectivity index (χ4v) is 1.06. The molecule has 0 unspecified atom stereocenters. The molecule has 0 bridgehead atoms. The monoisotopic (exact) mass is 243 g/mol. The van der Waals surface area contributed by atoms with Gasteiger partial charge in [0.25, 0.3) is 0 Å². The lowest BCUT2D eigenvalue weighted by atomic mass is 10.2. The van der Waals surface area contributed by atoms with E-state index in [1.165, 1.54) is 0 Å². The van der Waals surface area contributed by atoms with Crippen molar-refractivity contribution >= 4 is 33.2 Å². The summed E-state index contributed by atoms with van der Waals surface area (Å²) in [6.45, 7) is 0. The molecule has 0 aromatic heterocycles. The second-order valence-electron chi connectivity index (χ2n) is 2.17. The maximum absolute atomic E-state index is 5.79. The topological polar surface area (TPSA) is 26.0 Å². The largest absolute Gasteiger partial charge is 0.398 e. The molecule has 0 fully saturated rings. The molecule has 0 saturated carbocycles. The molecule has 0 amide bonds. The first-order valence-electron chi connectivity index (χ1n) is 3.34. The maximum Gasteiger partial charge on any atom is 0.0649 e. The van der Waals surface area contributed by atoms with E-state index < -0.39 is 0 Å². The van der Waals surface area contributed by atoms with E-state index in [1.807, 2.05) is 6.07 Å². The van der Waals surface area contributed by atoms with Gasteiger partial charge in [0.2, 0.25) is 0 Å². The number of alkyl halides is 1. The lowest BCUT2D eigenvalue weighted by Gasteiger charge is -1.96. The van der Waals surface area contributed by atoms with Crippen molar-refractivity contribution in [1.29, 1.82) is 0 Å². The van der Waals surface area contributed by atoms with Gasteiger partial charge in [0.15, 0.2) is 0 Å². The van der Waals surface area contributed by atoms with E-state index in [4.69, 9.17) is 17.3 Å². The second kappa shape index (κ2) is 4.39. The number of anilines is 1. The Kier molecular flexibility index (Phi) is 3.46. The zero-order chi connectivity index (χ0) is 8.97. The molecule has 0 saturated heterocycles. The molecule has 0 spiro atoms. The van der Waals surface area contributed by atoms with Crippen molar-refractivity contribution in [3.8, 4) is 11.8 Å². The summed E-state index contributed by atoms with van der Waals surface area (Å²) < 4.78 is 0. The third kappa shape index (κ3) is 2.44. The molecule has 3 heteroatoms. The third-order valence-corrected chi connectivity index (χ3v) is 1.91. The highest BCUT2D eigenvalue weighted by atomic mass is 79.9. The normalized spacial score (nSPS) is 8.83. The third-order valence-electron chi connectivity index (χ3n) is 1.30. The van der Waals surface area contributed by atoms with Crippen LogP contribution in [0.15, 0.2) is 18.2 Å². The van der Waals surface area contributed by atoms with Gasteiger partial charge in [-0.3, -0.25) is 0 Å². The standard InChI is InChI=1S/C9H7BrClN/c10-5-1-2-7-3-4-9(12)8(11)6-7/h3-4,6H,5,12H2.